The van der Waals surface area contributed by atoms with Crippen molar-refractivity contribution in [3.05, 3.63) is 72.3 Å². The molecule has 4 heteroatoms. The highest BCUT2D eigenvalue weighted by molar-refractivity contribution is 6.07. The lowest BCUT2D eigenvalue weighted by Crippen LogP contribution is -2.14. The number of anilines is 1. The van der Waals surface area contributed by atoms with Gasteiger partial charge >= 0.3 is 0 Å². The maximum absolute atomic E-state index is 12.3. The number of carbonyl (C=O) groups is 1. The summed E-state index contributed by atoms with van der Waals surface area (Å²) in [7, 11) is 1.61. The smallest absolute Gasteiger partial charge is 0.228 e. The molecule has 0 spiro atoms. The molecule has 0 saturated carbocycles. The van der Waals surface area contributed by atoms with Crippen LogP contribution in [-0.4, -0.2) is 13.0 Å². The summed E-state index contributed by atoms with van der Waals surface area (Å²) < 4.78 is 11.0. The van der Waals surface area contributed by atoms with Crippen molar-refractivity contribution in [1.82, 2.24) is 0 Å². The molecular formula is C21H17NO3. The van der Waals surface area contributed by atoms with E-state index in [4.69, 9.17) is 9.15 Å². The number of fused-ring (bicyclic) bond motifs is 3. The van der Waals surface area contributed by atoms with Crippen molar-refractivity contribution in [3.63, 3.8) is 0 Å². The number of hydrogen-bond acceptors (Lipinski definition) is 3. The van der Waals surface area contributed by atoms with E-state index in [2.05, 4.69) is 5.32 Å². The molecule has 0 saturated heterocycles. The molecule has 0 bridgehead atoms. The number of furan rings is 1. The molecule has 1 N–H and O–H groups in total. The number of para-hydroxylation sites is 1. The number of hydrogen-bond donors (Lipinski definition) is 1. The first-order valence-electron chi connectivity index (χ1n) is 8.07. The Kier molecular flexibility index (Phi) is 3.86. The number of nitrogens with one attached hydrogen (secondary N) is 1. The molecule has 1 amide bonds. The topological polar surface area (TPSA) is 51.5 Å². The van der Waals surface area contributed by atoms with Crippen LogP contribution < -0.4 is 10.1 Å². The Hall–Kier alpha value is -3.27. The zero-order chi connectivity index (χ0) is 17.2. The van der Waals surface area contributed by atoms with Crippen molar-refractivity contribution in [2.75, 3.05) is 12.4 Å². The van der Waals surface area contributed by atoms with Gasteiger partial charge in [-0.2, -0.15) is 0 Å². The van der Waals surface area contributed by atoms with Crippen LogP contribution in [0.4, 0.5) is 5.69 Å². The van der Waals surface area contributed by atoms with E-state index in [1.807, 2.05) is 66.7 Å². The molecule has 1 heterocycles. The summed E-state index contributed by atoms with van der Waals surface area (Å²) in [5, 5.41) is 4.99. The standard InChI is InChI=1S/C21H17NO3/c1-24-16-6-4-5-14(11-16)12-21(23)22-15-9-10-20-18(13-15)17-7-2-3-8-19(17)25-20/h2-11,13H,12H2,1H3,(H,22,23). The molecule has 0 fully saturated rings. The summed E-state index contributed by atoms with van der Waals surface area (Å²) in [6.07, 6.45) is 0.293. The van der Waals surface area contributed by atoms with Crippen molar-refractivity contribution in [2.45, 2.75) is 6.42 Å². The van der Waals surface area contributed by atoms with Gasteiger partial charge < -0.3 is 14.5 Å². The summed E-state index contributed by atoms with van der Waals surface area (Å²) >= 11 is 0. The Labute approximate surface area is 145 Å². The molecule has 0 atom stereocenters. The van der Waals surface area contributed by atoms with Gasteiger partial charge in [0, 0.05) is 16.5 Å². The highest BCUT2D eigenvalue weighted by atomic mass is 16.5. The molecule has 4 rings (SSSR count). The van der Waals surface area contributed by atoms with E-state index in [9.17, 15) is 4.79 Å². The van der Waals surface area contributed by atoms with Gasteiger partial charge in [0.2, 0.25) is 5.91 Å². The average Bonchev–Trinajstić information content (AvgIpc) is 3.00. The first-order valence-corrected chi connectivity index (χ1v) is 8.07. The fourth-order valence-corrected chi connectivity index (χ4v) is 2.98. The number of amides is 1. The Morgan fingerprint density at radius 1 is 0.960 bits per heavy atom. The summed E-state index contributed by atoms with van der Waals surface area (Å²) in [5.74, 6) is 0.678. The summed E-state index contributed by atoms with van der Waals surface area (Å²) in [5.41, 5.74) is 3.32. The van der Waals surface area contributed by atoms with Crippen LogP contribution in [0.25, 0.3) is 21.9 Å². The Morgan fingerprint density at radius 2 is 1.80 bits per heavy atom. The number of carbonyl (C=O) groups excluding carboxylic acids is 1. The number of ether oxygens (including phenoxy) is 1. The SMILES string of the molecule is COc1cccc(CC(=O)Nc2ccc3oc4ccccc4c3c2)c1. The van der Waals surface area contributed by atoms with Crippen molar-refractivity contribution in [2.24, 2.45) is 0 Å². The molecule has 4 aromatic rings. The van der Waals surface area contributed by atoms with E-state index >= 15 is 0 Å². The lowest BCUT2D eigenvalue weighted by molar-refractivity contribution is -0.115. The lowest BCUT2D eigenvalue weighted by Gasteiger charge is -2.07. The first-order chi connectivity index (χ1) is 12.2. The van der Waals surface area contributed by atoms with Gasteiger partial charge in [-0.1, -0.05) is 30.3 Å². The van der Waals surface area contributed by atoms with Gasteiger partial charge in [-0.25, -0.2) is 0 Å². The van der Waals surface area contributed by atoms with Gasteiger partial charge in [0.1, 0.15) is 16.9 Å². The number of benzene rings is 3. The highest BCUT2D eigenvalue weighted by Crippen LogP contribution is 2.30. The molecule has 0 radical (unpaired) electrons. The second-order valence-corrected chi connectivity index (χ2v) is 5.89. The molecule has 25 heavy (non-hydrogen) atoms. The van der Waals surface area contributed by atoms with Gasteiger partial charge in [-0.15, -0.1) is 0 Å². The summed E-state index contributed by atoms with van der Waals surface area (Å²) in [4.78, 5) is 12.3. The summed E-state index contributed by atoms with van der Waals surface area (Å²) in [6, 6.07) is 21.1. The number of rotatable bonds is 4. The number of methoxy groups -OCH3 is 1. The largest absolute Gasteiger partial charge is 0.497 e. The van der Waals surface area contributed by atoms with Gasteiger partial charge in [0.15, 0.2) is 0 Å². The third kappa shape index (κ3) is 3.06. The average molecular weight is 331 g/mol. The molecule has 1 aromatic heterocycles. The zero-order valence-electron chi connectivity index (χ0n) is 13.8. The molecule has 0 aliphatic heterocycles. The molecule has 0 unspecified atom stereocenters. The van der Waals surface area contributed by atoms with E-state index in [1.54, 1.807) is 7.11 Å². The molecule has 0 aliphatic rings. The third-order valence-electron chi connectivity index (χ3n) is 4.16. The fourth-order valence-electron chi connectivity index (χ4n) is 2.98. The molecule has 3 aromatic carbocycles. The molecule has 124 valence electrons. The maximum atomic E-state index is 12.3. The van der Waals surface area contributed by atoms with Crippen LogP contribution in [-0.2, 0) is 11.2 Å². The Morgan fingerprint density at radius 3 is 2.68 bits per heavy atom. The van der Waals surface area contributed by atoms with Gasteiger partial charge in [0.05, 0.1) is 13.5 Å². The van der Waals surface area contributed by atoms with Crippen molar-refractivity contribution < 1.29 is 13.9 Å². The normalized spacial score (nSPS) is 10.9. The van der Waals surface area contributed by atoms with Gasteiger partial charge in [0.25, 0.3) is 0 Å². The van der Waals surface area contributed by atoms with Crippen LogP contribution in [0.2, 0.25) is 0 Å². The van der Waals surface area contributed by atoms with Crippen LogP contribution >= 0.6 is 0 Å². The van der Waals surface area contributed by atoms with E-state index in [1.165, 1.54) is 0 Å². The van der Waals surface area contributed by atoms with E-state index in [0.29, 0.717) is 6.42 Å². The third-order valence-corrected chi connectivity index (χ3v) is 4.16. The van der Waals surface area contributed by atoms with Crippen LogP contribution in [0.1, 0.15) is 5.56 Å². The minimum absolute atomic E-state index is 0.0691. The first kappa shape index (κ1) is 15.3. The fraction of sp³-hybridized carbons (Fsp3) is 0.0952. The van der Waals surface area contributed by atoms with Crippen molar-refractivity contribution in [3.8, 4) is 5.75 Å². The minimum atomic E-state index is -0.0691. The van der Waals surface area contributed by atoms with Gasteiger partial charge in [-0.05, 0) is 42.0 Å². The Balaban J connectivity index is 1.57. The van der Waals surface area contributed by atoms with E-state index in [0.717, 1.165) is 38.9 Å². The van der Waals surface area contributed by atoms with Crippen LogP contribution in [0.15, 0.2) is 71.1 Å². The van der Waals surface area contributed by atoms with E-state index < -0.39 is 0 Å². The van der Waals surface area contributed by atoms with Crippen LogP contribution in [0.3, 0.4) is 0 Å². The quantitative estimate of drug-likeness (QED) is 0.586. The lowest BCUT2D eigenvalue weighted by atomic mass is 10.1. The monoisotopic (exact) mass is 331 g/mol. The second kappa shape index (κ2) is 6.32. The molecule has 0 aliphatic carbocycles. The maximum Gasteiger partial charge on any atom is 0.228 e. The van der Waals surface area contributed by atoms with Crippen molar-refractivity contribution >= 4 is 33.5 Å². The zero-order valence-corrected chi connectivity index (χ0v) is 13.8. The predicted octanol–water partition coefficient (Wildman–Crippen LogP) is 4.78. The van der Waals surface area contributed by atoms with E-state index in [-0.39, 0.29) is 5.91 Å². The van der Waals surface area contributed by atoms with Gasteiger partial charge in [-0.3, -0.25) is 4.79 Å². The predicted molar refractivity (Wildman–Crippen MR) is 99.0 cm³/mol. The van der Waals surface area contributed by atoms with Crippen LogP contribution in [0, 0.1) is 0 Å². The second-order valence-electron chi connectivity index (χ2n) is 5.89. The molecule has 4 nitrogen and oxygen atoms in total. The van der Waals surface area contributed by atoms with Crippen LogP contribution in [0.5, 0.6) is 5.75 Å². The minimum Gasteiger partial charge on any atom is -0.497 e. The summed E-state index contributed by atoms with van der Waals surface area (Å²) in [6.45, 7) is 0. The molecular weight excluding hydrogens is 314 g/mol. The highest BCUT2D eigenvalue weighted by Gasteiger charge is 2.09. The Bertz CT molecular complexity index is 1070. The van der Waals surface area contributed by atoms with Crippen molar-refractivity contribution in [1.29, 1.82) is 0 Å².